The lowest BCUT2D eigenvalue weighted by Gasteiger charge is -2.18. The molecule has 0 spiro atoms. The zero-order chi connectivity index (χ0) is 12.5. The van der Waals surface area contributed by atoms with Crippen molar-refractivity contribution in [2.24, 2.45) is 5.41 Å². The van der Waals surface area contributed by atoms with E-state index in [0.717, 1.165) is 17.9 Å². The van der Waals surface area contributed by atoms with E-state index < -0.39 is 0 Å². The molecule has 0 N–H and O–H groups in total. The Bertz CT molecular complexity index is 506. The van der Waals surface area contributed by atoms with Crippen LogP contribution in [0.3, 0.4) is 0 Å². The first-order valence-corrected chi connectivity index (χ1v) is 5.92. The van der Waals surface area contributed by atoms with Gasteiger partial charge >= 0.3 is 0 Å². The highest BCUT2D eigenvalue weighted by atomic mass is 15.3. The Morgan fingerprint density at radius 3 is 2.59 bits per heavy atom. The molecule has 0 bridgehead atoms. The van der Waals surface area contributed by atoms with E-state index in [9.17, 15) is 0 Å². The summed E-state index contributed by atoms with van der Waals surface area (Å²) in [6, 6.07) is 6.17. The second-order valence-corrected chi connectivity index (χ2v) is 5.66. The van der Waals surface area contributed by atoms with E-state index in [2.05, 4.69) is 43.0 Å². The normalized spacial score (nSPS) is 11.8. The third kappa shape index (κ3) is 3.16. The molecule has 0 unspecified atom stereocenters. The Kier molecular flexibility index (Phi) is 3.01. The zero-order valence-electron chi connectivity index (χ0n) is 10.9. The van der Waals surface area contributed by atoms with Crippen LogP contribution in [0.2, 0.25) is 0 Å². The first-order chi connectivity index (χ1) is 7.94. The lowest BCUT2D eigenvalue weighted by atomic mass is 9.88. The first kappa shape index (κ1) is 11.8. The number of aromatic nitrogens is 3. The van der Waals surface area contributed by atoms with Gasteiger partial charge in [0.1, 0.15) is 0 Å². The summed E-state index contributed by atoms with van der Waals surface area (Å²) < 4.78 is 1.82. The number of aryl methyl sites for hydroxylation is 1. The minimum atomic E-state index is 0.290. The quantitative estimate of drug-likeness (QED) is 0.792. The SMILES string of the molecule is Cc1ccn(-c2cc(CC(C)(C)C)ccn2)n1. The highest BCUT2D eigenvalue weighted by molar-refractivity contribution is 5.28. The summed E-state index contributed by atoms with van der Waals surface area (Å²) in [5, 5.41) is 4.37. The molecule has 3 nitrogen and oxygen atoms in total. The van der Waals surface area contributed by atoms with E-state index in [-0.39, 0.29) is 0 Å². The van der Waals surface area contributed by atoms with Crippen LogP contribution in [-0.2, 0) is 6.42 Å². The van der Waals surface area contributed by atoms with E-state index in [0.29, 0.717) is 5.41 Å². The molecule has 0 aliphatic rings. The van der Waals surface area contributed by atoms with Gasteiger partial charge in [0.2, 0.25) is 0 Å². The maximum absolute atomic E-state index is 4.37. The van der Waals surface area contributed by atoms with Gasteiger partial charge in [-0.2, -0.15) is 5.10 Å². The monoisotopic (exact) mass is 229 g/mol. The van der Waals surface area contributed by atoms with Crippen LogP contribution in [0.4, 0.5) is 0 Å². The Morgan fingerprint density at radius 1 is 1.24 bits per heavy atom. The molecule has 0 atom stereocenters. The average Bonchev–Trinajstić information content (AvgIpc) is 2.63. The van der Waals surface area contributed by atoms with Gasteiger partial charge in [0, 0.05) is 12.4 Å². The molecule has 0 aliphatic carbocycles. The van der Waals surface area contributed by atoms with Crippen LogP contribution in [0.1, 0.15) is 32.0 Å². The van der Waals surface area contributed by atoms with Crippen LogP contribution in [0.5, 0.6) is 0 Å². The van der Waals surface area contributed by atoms with Gasteiger partial charge in [-0.25, -0.2) is 9.67 Å². The largest absolute Gasteiger partial charge is 0.237 e. The molecule has 0 amide bonds. The van der Waals surface area contributed by atoms with E-state index in [1.54, 1.807) is 0 Å². The van der Waals surface area contributed by atoms with Crippen molar-refractivity contribution in [1.29, 1.82) is 0 Å². The molecule has 2 heterocycles. The van der Waals surface area contributed by atoms with Crippen molar-refractivity contribution in [2.75, 3.05) is 0 Å². The number of pyridine rings is 1. The third-order valence-corrected chi connectivity index (χ3v) is 2.50. The van der Waals surface area contributed by atoms with Crippen molar-refractivity contribution >= 4 is 0 Å². The molecule has 0 saturated carbocycles. The number of nitrogens with zero attached hydrogens (tertiary/aromatic N) is 3. The fourth-order valence-corrected chi connectivity index (χ4v) is 1.85. The lowest BCUT2D eigenvalue weighted by Crippen LogP contribution is -2.10. The van der Waals surface area contributed by atoms with Crippen LogP contribution in [0, 0.1) is 12.3 Å². The van der Waals surface area contributed by atoms with Crippen molar-refractivity contribution in [3.8, 4) is 5.82 Å². The Hall–Kier alpha value is -1.64. The molecule has 2 aromatic rings. The molecule has 2 rings (SSSR count). The van der Waals surface area contributed by atoms with Crippen molar-refractivity contribution in [3.05, 3.63) is 41.9 Å². The molecule has 0 aromatic carbocycles. The molecule has 0 aliphatic heterocycles. The second kappa shape index (κ2) is 4.32. The molecule has 3 heteroatoms. The zero-order valence-corrected chi connectivity index (χ0v) is 10.9. The Morgan fingerprint density at radius 2 is 2.00 bits per heavy atom. The van der Waals surface area contributed by atoms with Gasteiger partial charge in [0.05, 0.1) is 5.69 Å². The van der Waals surface area contributed by atoms with Crippen LogP contribution < -0.4 is 0 Å². The summed E-state index contributed by atoms with van der Waals surface area (Å²) in [7, 11) is 0. The molecular weight excluding hydrogens is 210 g/mol. The summed E-state index contributed by atoms with van der Waals surface area (Å²) in [5.41, 5.74) is 2.60. The number of hydrogen-bond acceptors (Lipinski definition) is 2. The molecule has 0 saturated heterocycles. The average molecular weight is 229 g/mol. The van der Waals surface area contributed by atoms with Gasteiger partial charge < -0.3 is 0 Å². The van der Waals surface area contributed by atoms with Crippen LogP contribution in [0.25, 0.3) is 5.82 Å². The molecular formula is C14H19N3. The minimum Gasteiger partial charge on any atom is -0.237 e. The van der Waals surface area contributed by atoms with Crippen molar-refractivity contribution < 1.29 is 0 Å². The van der Waals surface area contributed by atoms with Gasteiger partial charge in [-0.3, -0.25) is 0 Å². The molecule has 90 valence electrons. The minimum absolute atomic E-state index is 0.290. The van der Waals surface area contributed by atoms with E-state index in [4.69, 9.17) is 0 Å². The lowest BCUT2D eigenvalue weighted by molar-refractivity contribution is 0.411. The van der Waals surface area contributed by atoms with E-state index in [1.165, 1.54) is 5.56 Å². The molecule has 0 radical (unpaired) electrons. The first-order valence-electron chi connectivity index (χ1n) is 5.92. The van der Waals surface area contributed by atoms with Gasteiger partial charge in [0.25, 0.3) is 0 Å². The Labute approximate surface area is 103 Å². The summed E-state index contributed by atoms with van der Waals surface area (Å²) in [4.78, 5) is 4.35. The van der Waals surface area contributed by atoms with Crippen molar-refractivity contribution in [3.63, 3.8) is 0 Å². The molecule has 17 heavy (non-hydrogen) atoms. The van der Waals surface area contributed by atoms with E-state index >= 15 is 0 Å². The van der Waals surface area contributed by atoms with E-state index in [1.807, 2.05) is 30.1 Å². The topological polar surface area (TPSA) is 30.7 Å². The predicted molar refractivity (Wildman–Crippen MR) is 69.3 cm³/mol. The Balaban J connectivity index is 2.29. The number of rotatable bonds is 2. The predicted octanol–water partition coefficient (Wildman–Crippen LogP) is 3.16. The van der Waals surface area contributed by atoms with Gasteiger partial charge in [0.15, 0.2) is 5.82 Å². The maximum atomic E-state index is 4.37. The smallest absolute Gasteiger partial charge is 0.153 e. The van der Waals surface area contributed by atoms with Crippen LogP contribution >= 0.6 is 0 Å². The van der Waals surface area contributed by atoms with Gasteiger partial charge in [-0.15, -0.1) is 0 Å². The fourth-order valence-electron chi connectivity index (χ4n) is 1.85. The van der Waals surface area contributed by atoms with Crippen molar-refractivity contribution in [2.45, 2.75) is 34.1 Å². The summed E-state index contributed by atoms with van der Waals surface area (Å²) in [6.07, 6.45) is 4.84. The fraction of sp³-hybridized carbons (Fsp3) is 0.429. The highest BCUT2D eigenvalue weighted by Crippen LogP contribution is 2.21. The highest BCUT2D eigenvalue weighted by Gasteiger charge is 2.12. The second-order valence-electron chi connectivity index (χ2n) is 5.66. The van der Waals surface area contributed by atoms with Gasteiger partial charge in [-0.1, -0.05) is 20.8 Å². The van der Waals surface area contributed by atoms with Gasteiger partial charge in [-0.05, 0) is 42.5 Å². The molecule has 0 fully saturated rings. The van der Waals surface area contributed by atoms with Crippen molar-refractivity contribution in [1.82, 2.24) is 14.8 Å². The molecule has 2 aromatic heterocycles. The third-order valence-electron chi connectivity index (χ3n) is 2.50. The summed E-state index contributed by atoms with van der Waals surface area (Å²) in [5.74, 6) is 0.889. The number of hydrogen-bond donors (Lipinski definition) is 0. The maximum Gasteiger partial charge on any atom is 0.153 e. The standard InChI is InChI=1S/C14H19N3/c1-11-6-8-17(16-11)13-9-12(5-7-15-13)10-14(2,3)4/h5-9H,10H2,1-4H3. The van der Waals surface area contributed by atoms with Crippen LogP contribution in [0.15, 0.2) is 30.6 Å². The van der Waals surface area contributed by atoms with Crippen LogP contribution in [-0.4, -0.2) is 14.8 Å². The summed E-state index contributed by atoms with van der Waals surface area (Å²) >= 11 is 0. The summed E-state index contributed by atoms with van der Waals surface area (Å²) in [6.45, 7) is 8.71.